The van der Waals surface area contributed by atoms with Crippen LogP contribution < -0.4 is 5.32 Å². The maximum absolute atomic E-state index is 5.56. The van der Waals surface area contributed by atoms with Crippen molar-refractivity contribution in [1.29, 1.82) is 0 Å². The number of ether oxygens (including phenoxy) is 1. The van der Waals surface area contributed by atoms with E-state index >= 15 is 0 Å². The summed E-state index contributed by atoms with van der Waals surface area (Å²) in [4.78, 5) is 2.69. The topological polar surface area (TPSA) is 24.5 Å². The minimum atomic E-state index is 0.616. The van der Waals surface area contributed by atoms with E-state index in [0.717, 1.165) is 37.6 Å². The van der Waals surface area contributed by atoms with Crippen molar-refractivity contribution in [3.05, 3.63) is 0 Å². The minimum absolute atomic E-state index is 0.616. The highest BCUT2D eigenvalue weighted by atomic mass is 16.5. The zero-order chi connectivity index (χ0) is 13.0. The number of nitrogens with zero attached hydrogens (tertiary/aromatic N) is 1. The van der Waals surface area contributed by atoms with Crippen molar-refractivity contribution in [2.24, 2.45) is 11.8 Å². The van der Waals surface area contributed by atoms with Crippen LogP contribution in [0.1, 0.15) is 40.0 Å². The molecule has 2 heterocycles. The molecule has 4 atom stereocenters. The van der Waals surface area contributed by atoms with E-state index in [0.29, 0.717) is 6.04 Å². The predicted molar refractivity (Wildman–Crippen MR) is 75.8 cm³/mol. The quantitative estimate of drug-likeness (QED) is 0.813. The maximum Gasteiger partial charge on any atom is 0.0510 e. The van der Waals surface area contributed by atoms with Gasteiger partial charge < -0.3 is 10.1 Å². The summed E-state index contributed by atoms with van der Waals surface area (Å²) in [5.74, 6) is 1.58. The zero-order valence-corrected chi connectivity index (χ0v) is 12.3. The summed E-state index contributed by atoms with van der Waals surface area (Å²) in [5.41, 5.74) is 0. The Morgan fingerprint density at radius 2 is 2.11 bits per heavy atom. The van der Waals surface area contributed by atoms with Crippen molar-refractivity contribution in [3.63, 3.8) is 0 Å². The molecule has 0 aromatic heterocycles. The van der Waals surface area contributed by atoms with Crippen LogP contribution in [0.15, 0.2) is 0 Å². The van der Waals surface area contributed by atoms with Gasteiger partial charge in [-0.15, -0.1) is 0 Å². The Morgan fingerprint density at radius 3 is 2.78 bits per heavy atom. The number of rotatable bonds is 5. The monoisotopic (exact) mass is 254 g/mol. The third kappa shape index (κ3) is 3.69. The van der Waals surface area contributed by atoms with Gasteiger partial charge in [-0.3, -0.25) is 4.90 Å². The van der Waals surface area contributed by atoms with Crippen LogP contribution in [0.5, 0.6) is 0 Å². The molecule has 3 heteroatoms. The maximum atomic E-state index is 5.56. The molecule has 0 saturated carbocycles. The Morgan fingerprint density at radius 1 is 1.28 bits per heavy atom. The highest BCUT2D eigenvalue weighted by Gasteiger charge is 2.30. The van der Waals surface area contributed by atoms with E-state index in [2.05, 4.69) is 31.0 Å². The van der Waals surface area contributed by atoms with E-state index in [1.807, 2.05) is 0 Å². The molecule has 106 valence electrons. The number of likely N-dealkylation sites (tertiary alicyclic amines) is 1. The highest BCUT2D eigenvalue weighted by molar-refractivity contribution is 4.86. The third-order valence-electron chi connectivity index (χ3n) is 4.68. The van der Waals surface area contributed by atoms with E-state index in [1.165, 1.54) is 32.4 Å². The second kappa shape index (κ2) is 6.88. The van der Waals surface area contributed by atoms with Crippen molar-refractivity contribution in [2.75, 3.05) is 32.8 Å². The second-order valence-electron chi connectivity index (χ2n) is 6.27. The molecule has 3 nitrogen and oxygen atoms in total. The predicted octanol–water partition coefficient (Wildman–Crippen LogP) is 2.12. The van der Waals surface area contributed by atoms with Crippen molar-refractivity contribution >= 4 is 0 Å². The minimum Gasteiger partial charge on any atom is -0.381 e. The molecule has 0 aliphatic carbocycles. The van der Waals surface area contributed by atoms with Crippen LogP contribution in [0.4, 0.5) is 0 Å². The Kier molecular flexibility index (Phi) is 5.46. The average Bonchev–Trinajstić information content (AvgIpc) is 2.87. The average molecular weight is 254 g/mol. The van der Waals surface area contributed by atoms with Crippen LogP contribution in [0.3, 0.4) is 0 Å². The van der Waals surface area contributed by atoms with Crippen LogP contribution in [0, 0.1) is 11.8 Å². The number of nitrogens with one attached hydrogen (secondary N) is 1. The lowest BCUT2D eigenvalue weighted by molar-refractivity contribution is 0.0963. The van der Waals surface area contributed by atoms with Gasteiger partial charge in [0.1, 0.15) is 0 Å². The van der Waals surface area contributed by atoms with Gasteiger partial charge in [-0.25, -0.2) is 0 Å². The molecular weight excluding hydrogens is 224 g/mol. The lowest BCUT2D eigenvalue weighted by atomic mass is 9.92. The summed E-state index contributed by atoms with van der Waals surface area (Å²) in [6.45, 7) is 12.4. The summed E-state index contributed by atoms with van der Waals surface area (Å²) >= 11 is 0. The second-order valence-corrected chi connectivity index (χ2v) is 6.27. The van der Waals surface area contributed by atoms with Gasteiger partial charge in [-0.2, -0.15) is 0 Å². The van der Waals surface area contributed by atoms with Crippen LogP contribution in [-0.4, -0.2) is 49.8 Å². The van der Waals surface area contributed by atoms with Gasteiger partial charge in [0.05, 0.1) is 6.61 Å². The molecular formula is C15H30N2O. The van der Waals surface area contributed by atoms with Crippen molar-refractivity contribution < 1.29 is 4.74 Å². The summed E-state index contributed by atoms with van der Waals surface area (Å²) in [5, 5.41) is 3.69. The van der Waals surface area contributed by atoms with Crippen LogP contribution >= 0.6 is 0 Å². The zero-order valence-electron chi connectivity index (χ0n) is 12.3. The number of piperidine rings is 1. The Hall–Kier alpha value is -0.120. The van der Waals surface area contributed by atoms with Crippen molar-refractivity contribution in [1.82, 2.24) is 10.2 Å². The molecule has 0 amide bonds. The van der Waals surface area contributed by atoms with Crippen molar-refractivity contribution in [2.45, 2.75) is 52.1 Å². The highest BCUT2D eigenvalue weighted by Crippen LogP contribution is 2.24. The van der Waals surface area contributed by atoms with Gasteiger partial charge in [0.15, 0.2) is 0 Å². The first-order chi connectivity index (χ1) is 8.70. The summed E-state index contributed by atoms with van der Waals surface area (Å²) in [6.07, 6.45) is 3.99. The first kappa shape index (κ1) is 14.3. The lowest BCUT2D eigenvalue weighted by Gasteiger charge is -2.40. The third-order valence-corrected chi connectivity index (χ3v) is 4.68. The van der Waals surface area contributed by atoms with E-state index in [-0.39, 0.29) is 0 Å². The number of hydrogen-bond acceptors (Lipinski definition) is 3. The van der Waals surface area contributed by atoms with Gasteiger partial charge in [0, 0.05) is 37.7 Å². The van der Waals surface area contributed by atoms with Gasteiger partial charge in [-0.1, -0.05) is 13.8 Å². The smallest absolute Gasteiger partial charge is 0.0510 e. The SMILES string of the molecule is CCNC(CN1CC(C)CCC1C)C1CCOC1. The molecule has 2 aliphatic rings. The van der Waals surface area contributed by atoms with Gasteiger partial charge >= 0.3 is 0 Å². The van der Waals surface area contributed by atoms with Gasteiger partial charge in [0.25, 0.3) is 0 Å². The normalized spacial score (nSPS) is 35.8. The largest absolute Gasteiger partial charge is 0.381 e. The Balaban J connectivity index is 1.89. The Bertz CT molecular complexity index is 241. The first-order valence-electron chi connectivity index (χ1n) is 7.75. The molecule has 2 rings (SSSR count). The summed E-state index contributed by atoms with van der Waals surface area (Å²) < 4.78 is 5.56. The van der Waals surface area contributed by atoms with Crippen LogP contribution in [0.2, 0.25) is 0 Å². The van der Waals surface area contributed by atoms with Crippen molar-refractivity contribution in [3.8, 4) is 0 Å². The molecule has 0 radical (unpaired) electrons. The first-order valence-corrected chi connectivity index (χ1v) is 7.75. The molecule has 2 aliphatic heterocycles. The molecule has 0 aromatic rings. The van der Waals surface area contributed by atoms with Crippen LogP contribution in [0.25, 0.3) is 0 Å². The van der Waals surface area contributed by atoms with E-state index in [4.69, 9.17) is 4.74 Å². The molecule has 2 fully saturated rings. The summed E-state index contributed by atoms with van der Waals surface area (Å²) in [7, 11) is 0. The molecule has 1 N–H and O–H groups in total. The van der Waals surface area contributed by atoms with E-state index in [1.54, 1.807) is 0 Å². The molecule has 0 aromatic carbocycles. The van der Waals surface area contributed by atoms with E-state index in [9.17, 15) is 0 Å². The Labute approximate surface area is 112 Å². The molecule has 0 bridgehead atoms. The number of likely N-dealkylation sites (N-methyl/N-ethyl adjacent to an activating group) is 1. The molecule has 2 saturated heterocycles. The van der Waals surface area contributed by atoms with Gasteiger partial charge in [0.2, 0.25) is 0 Å². The lowest BCUT2D eigenvalue weighted by Crippen LogP contribution is -2.51. The fraction of sp³-hybridized carbons (Fsp3) is 1.00. The fourth-order valence-electron chi connectivity index (χ4n) is 3.40. The van der Waals surface area contributed by atoms with E-state index < -0.39 is 0 Å². The standard InChI is InChI=1S/C15H30N2O/c1-4-16-15(14-7-8-18-11-14)10-17-9-12(2)5-6-13(17)3/h12-16H,4-11H2,1-3H3. The fourth-order valence-corrected chi connectivity index (χ4v) is 3.40. The molecule has 0 spiro atoms. The summed E-state index contributed by atoms with van der Waals surface area (Å²) in [6, 6.07) is 1.37. The van der Waals surface area contributed by atoms with Crippen LogP contribution in [-0.2, 0) is 4.74 Å². The van der Waals surface area contributed by atoms with Gasteiger partial charge in [-0.05, 0) is 38.6 Å². The number of hydrogen-bond donors (Lipinski definition) is 1. The molecule has 4 unspecified atom stereocenters. The molecule has 18 heavy (non-hydrogen) atoms.